The molecule has 0 spiro atoms. The molecule has 0 aliphatic heterocycles. The summed E-state index contributed by atoms with van der Waals surface area (Å²) in [5, 5.41) is 0.140. The molecule has 0 unspecified atom stereocenters. The van der Waals surface area contributed by atoms with Crippen molar-refractivity contribution in [1.82, 2.24) is 9.97 Å². The summed E-state index contributed by atoms with van der Waals surface area (Å²) in [6.45, 7) is 0. The molecule has 2 aromatic rings. The van der Waals surface area contributed by atoms with E-state index in [-0.39, 0.29) is 11.1 Å². The molecule has 2 rings (SSSR count). The number of anilines is 2. The molecule has 0 saturated carbocycles. The van der Waals surface area contributed by atoms with Crippen molar-refractivity contribution in [2.45, 2.75) is 0 Å². The van der Waals surface area contributed by atoms with E-state index in [0.717, 1.165) is 0 Å². The number of halogens is 2. The highest BCUT2D eigenvalue weighted by atomic mass is 35.5. The molecule has 0 N–H and O–H groups in total. The Morgan fingerprint density at radius 2 is 2.00 bits per heavy atom. The maximum absolute atomic E-state index is 13.5. The Labute approximate surface area is 97.5 Å². The highest BCUT2D eigenvalue weighted by Gasteiger charge is 2.09. The van der Waals surface area contributed by atoms with Gasteiger partial charge in [0.25, 0.3) is 0 Å². The first-order chi connectivity index (χ1) is 7.68. The van der Waals surface area contributed by atoms with Gasteiger partial charge in [-0.05, 0) is 29.8 Å². The summed E-state index contributed by atoms with van der Waals surface area (Å²) in [5.74, 6) is 0.241. The van der Waals surface area contributed by atoms with E-state index in [1.165, 1.54) is 12.3 Å². The molecule has 82 valence electrons. The standard InChI is InChI=1S/C11H9ClFN3/c1-16(9-5-3-2-4-8(9)13)10-6-7-14-11(12)15-10/h2-7H,1H3. The number of hydrogen-bond acceptors (Lipinski definition) is 3. The van der Waals surface area contributed by atoms with Crippen LogP contribution in [-0.2, 0) is 0 Å². The van der Waals surface area contributed by atoms with Gasteiger partial charge in [-0.1, -0.05) is 12.1 Å². The van der Waals surface area contributed by atoms with Crippen molar-refractivity contribution in [3.05, 3.63) is 47.6 Å². The minimum atomic E-state index is -0.306. The molecule has 1 aromatic heterocycles. The number of rotatable bonds is 2. The number of nitrogens with zero attached hydrogens (tertiary/aromatic N) is 3. The number of aromatic nitrogens is 2. The van der Waals surface area contributed by atoms with Crippen LogP contribution in [0.5, 0.6) is 0 Å². The van der Waals surface area contributed by atoms with Gasteiger partial charge in [-0.3, -0.25) is 0 Å². The molecule has 1 aromatic carbocycles. The van der Waals surface area contributed by atoms with Gasteiger partial charge in [-0.15, -0.1) is 0 Å². The Hall–Kier alpha value is -1.68. The fourth-order valence-corrected chi connectivity index (χ4v) is 1.50. The molecular formula is C11H9ClFN3. The molecule has 0 saturated heterocycles. The van der Waals surface area contributed by atoms with Gasteiger partial charge < -0.3 is 4.90 Å². The Morgan fingerprint density at radius 3 is 2.69 bits per heavy atom. The van der Waals surface area contributed by atoms with Gasteiger partial charge in [0.15, 0.2) is 0 Å². The van der Waals surface area contributed by atoms with Crippen LogP contribution in [0.15, 0.2) is 36.5 Å². The van der Waals surface area contributed by atoms with Gasteiger partial charge in [0.2, 0.25) is 5.28 Å². The van der Waals surface area contributed by atoms with E-state index in [1.54, 1.807) is 36.2 Å². The molecule has 1 heterocycles. The molecule has 0 aliphatic carbocycles. The van der Waals surface area contributed by atoms with Crippen LogP contribution in [0.4, 0.5) is 15.9 Å². The number of para-hydroxylation sites is 1. The summed E-state index contributed by atoms with van der Waals surface area (Å²) >= 11 is 5.67. The first-order valence-corrected chi connectivity index (χ1v) is 5.03. The Bertz CT molecular complexity index is 504. The maximum Gasteiger partial charge on any atom is 0.224 e. The molecule has 0 atom stereocenters. The van der Waals surface area contributed by atoms with Crippen molar-refractivity contribution >= 4 is 23.1 Å². The molecule has 16 heavy (non-hydrogen) atoms. The maximum atomic E-state index is 13.5. The van der Waals surface area contributed by atoms with Crippen LogP contribution < -0.4 is 4.90 Å². The minimum Gasteiger partial charge on any atom is -0.327 e. The van der Waals surface area contributed by atoms with E-state index < -0.39 is 0 Å². The number of hydrogen-bond donors (Lipinski definition) is 0. The first kappa shape index (κ1) is 10.8. The molecular weight excluding hydrogens is 229 g/mol. The zero-order valence-electron chi connectivity index (χ0n) is 8.56. The molecule has 5 heteroatoms. The largest absolute Gasteiger partial charge is 0.327 e. The van der Waals surface area contributed by atoms with Gasteiger partial charge in [0, 0.05) is 13.2 Å². The van der Waals surface area contributed by atoms with Crippen LogP contribution in [0.1, 0.15) is 0 Å². The SMILES string of the molecule is CN(c1ccnc(Cl)n1)c1ccccc1F. The first-order valence-electron chi connectivity index (χ1n) is 4.65. The summed E-state index contributed by atoms with van der Waals surface area (Å²) in [5.41, 5.74) is 0.442. The lowest BCUT2D eigenvalue weighted by Gasteiger charge is -2.18. The second kappa shape index (κ2) is 4.45. The topological polar surface area (TPSA) is 29.0 Å². The van der Waals surface area contributed by atoms with Crippen LogP contribution >= 0.6 is 11.6 Å². The summed E-state index contributed by atoms with van der Waals surface area (Å²) in [6, 6.07) is 8.13. The predicted molar refractivity (Wildman–Crippen MR) is 61.5 cm³/mol. The summed E-state index contributed by atoms with van der Waals surface area (Å²) in [6.07, 6.45) is 1.53. The minimum absolute atomic E-state index is 0.140. The fraction of sp³-hybridized carbons (Fsp3) is 0.0909. The molecule has 3 nitrogen and oxygen atoms in total. The van der Waals surface area contributed by atoms with Gasteiger partial charge >= 0.3 is 0 Å². The van der Waals surface area contributed by atoms with Crippen molar-refractivity contribution in [2.75, 3.05) is 11.9 Å². The quantitative estimate of drug-likeness (QED) is 0.752. The molecule has 0 aliphatic rings. The van der Waals surface area contributed by atoms with E-state index in [0.29, 0.717) is 11.5 Å². The zero-order valence-corrected chi connectivity index (χ0v) is 9.32. The highest BCUT2D eigenvalue weighted by molar-refractivity contribution is 6.28. The fourth-order valence-electron chi connectivity index (χ4n) is 1.36. The smallest absolute Gasteiger partial charge is 0.224 e. The van der Waals surface area contributed by atoms with E-state index in [1.807, 2.05) is 0 Å². The Balaban J connectivity index is 2.39. The van der Waals surface area contributed by atoms with Crippen molar-refractivity contribution in [3.63, 3.8) is 0 Å². The molecule has 0 fully saturated rings. The van der Waals surface area contributed by atoms with Crippen LogP contribution in [-0.4, -0.2) is 17.0 Å². The monoisotopic (exact) mass is 237 g/mol. The average molecular weight is 238 g/mol. The van der Waals surface area contributed by atoms with Gasteiger partial charge in [-0.25, -0.2) is 14.4 Å². The third-order valence-corrected chi connectivity index (χ3v) is 2.35. The lowest BCUT2D eigenvalue weighted by Crippen LogP contribution is -2.12. The third-order valence-electron chi connectivity index (χ3n) is 2.17. The van der Waals surface area contributed by atoms with Crippen LogP contribution in [0.25, 0.3) is 0 Å². The van der Waals surface area contributed by atoms with Crippen LogP contribution in [0, 0.1) is 5.82 Å². The van der Waals surface area contributed by atoms with Crippen molar-refractivity contribution in [1.29, 1.82) is 0 Å². The van der Waals surface area contributed by atoms with E-state index in [2.05, 4.69) is 9.97 Å². The average Bonchev–Trinajstić information content (AvgIpc) is 2.29. The predicted octanol–water partition coefficient (Wildman–Crippen LogP) is 3.04. The highest BCUT2D eigenvalue weighted by Crippen LogP contribution is 2.24. The van der Waals surface area contributed by atoms with E-state index in [4.69, 9.17) is 11.6 Å². The number of benzene rings is 1. The van der Waals surface area contributed by atoms with Crippen LogP contribution in [0.3, 0.4) is 0 Å². The molecule has 0 radical (unpaired) electrons. The summed E-state index contributed by atoms with van der Waals surface area (Å²) in [4.78, 5) is 9.39. The third kappa shape index (κ3) is 2.12. The summed E-state index contributed by atoms with van der Waals surface area (Å²) < 4.78 is 13.5. The zero-order chi connectivity index (χ0) is 11.5. The van der Waals surface area contributed by atoms with Crippen molar-refractivity contribution in [3.8, 4) is 0 Å². The Kier molecular flexibility index (Phi) is 3.01. The lowest BCUT2D eigenvalue weighted by atomic mass is 10.3. The second-order valence-corrected chi connectivity index (χ2v) is 3.53. The Morgan fingerprint density at radius 1 is 1.25 bits per heavy atom. The van der Waals surface area contributed by atoms with E-state index in [9.17, 15) is 4.39 Å². The normalized spacial score (nSPS) is 10.2. The molecule has 0 bridgehead atoms. The van der Waals surface area contributed by atoms with Gasteiger partial charge in [0.1, 0.15) is 11.6 Å². The second-order valence-electron chi connectivity index (χ2n) is 3.19. The van der Waals surface area contributed by atoms with E-state index >= 15 is 0 Å². The van der Waals surface area contributed by atoms with Crippen LogP contribution in [0.2, 0.25) is 5.28 Å². The molecule has 0 amide bonds. The van der Waals surface area contributed by atoms with Gasteiger partial charge in [-0.2, -0.15) is 0 Å². The van der Waals surface area contributed by atoms with Gasteiger partial charge in [0.05, 0.1) is 5.69 Å². The van der Waals surface area contributed by atoms with Crippen molar-refractivity contribution in [2.24, 2.45) is 0 Å². The lowest BCUT2D eigenvalue weighted by molar-refractivity contribution is 0.627. The van der Waals surface area contributed by atoms with Crippen molar-refractivity contribution < 1.29 is 4.39 Å². The summed E-state index contributed by atoms with van der Waals surface area (Å²) in [7, 11) is 1.72.